The van der Waals surface area contributed by atoms with Gasteiger partial charge < -0.3 is 10.1 Å². The van der Waals surface area contributed by atoms with E-state index in [-0.39, 0.29) is 11.9 Å². The second kappa shape index (κ2) is 6.54. The average Bonchev–Trinajstić information content (AvgIpc) is 2.80. The molecule has 1 N–H and O–H groups in total. The zero-order valence-electron chi connectivity index (χ0n) is 12.2. The highest BCUT2D eigenvalue weighted by Crippen LogP contribution is 2.21. The van der Waals surface area contributed by atoms with Crippen LogP contribution >= 0.6 is 11.3 Å². The quantitative estimate of drug-likeness (QED) is 0.874. The molecule has 1 aromatic carbocycles. The molecule has 1 amide bonds. The first-order valence-electron chi connectivity index (χ1n) is 6.66. The van der Waals surface area contributed by atoms with Crippen LogP contribution in [0.5, 0.6) is 0 Å². The molecule has 0 fully saturated rings. The second-order valence-corrected chi connectivity index (χ2v) is 5.67. The van der Waals surface area contributed by atoms with Crippen LogP contribution in [0.15, 0.2) is 29.6 Å². The minimum Gasteiger partial charge on any atom is -0.462 e. The van der Waals surface area contributed by atoms with E-state index < -0.39 is 0 Å². The van der Waals surface area contributed by atoms with Gasteiger partial charge >= 0.3 is 5.97 Å². The summed E-state index contributed by atoms with van der Waals surface area (Å²) >= 11 is 1.56. The van der Waals surface area contributed by atoms with Crippen LogP contribution in [0.1, 0.15) is 38.1 Å². The Hall–Kier alpha value is -2.14. The predicted molar refractivity (Wildman–Crippen MR) is 84.1 cm³/mol. The van der Waals surface area contributed by atoms with Crippen molar-refractivity contribution in [3.05, 3.63) is 51.2 Å². The molecule has 0 spiro atoms. The monoisotopic (exact) mass is 303 g/mol. The molecular formula is C16H17NO3S. The van der Waals surface area contributed by atoms with Crippen LogP contribution in [-0.2, 0) is 4.74 Å². The highest BCUT2D eigenvalue weighted by atomic mass is 32.1. The van der Waals surface area contributed by atoms with Crippen LogP contribution in [0.2, 0.25) is 0 Å². The molecule has 5 heteroatoms. The van der Waals surface area contributed by atoms with Crippen LogP contribution in [0.3, 0.4) is 0 Å². The summed E-state index contributed by atoms with van der Waals surface area (Å²) in [5.74, 6) is -0.500. The maximum absolute atomic E-state index is 12.2. The van der Waals surface area contributed by atoms with Gasteiger partial charge in [-0.25, -0.2) is 4.79 Å². The number of anilines is 1. The summed E-state index contributed by atoms with van der Waals surface area (Å²) in [5.41, 5.74) is 2.81. The van der Waals surface area contributed by atoms with Gasteiger partial charge in [0.25, 0.3) is 5.91 Å². The normalized spacial score (nSPS) is 10.2. The lowest BCUT2D eigenvalue weighted by Gasteiger charge is -2.06. The minimum absolute atomic E-state index is 0.138. The Morgan fingerprint density at radius 2 is 1.86 bits per heavy atom. The zero-order valence-corrected chi connectivity index (χ0v) is 13.0. The van der Waals surface area contributed by atoms with E-state index in [2.05, 4.69) is 5.32 Å². The van der Waals surface area contributed by atoms with E-state index in [1.807, 2.05) is 19.2 Å². The molecule has 0 atom stereocenters. The van der Waals surface area contributed by atoms with Crippen LogP contribution in [-0.4, -0.2) is 18.5 Å². The van der Waals surface area contributed by atoms with Crippen LogP contribution in [0, 0.1) is 13.8 Å². The first-order chi connectivity index (χ1) is 10.0. The van der Waals surface area contributed by atoms with E-state index in [4.69, 9.17) is 4.74 Å². The Morgan fingerprint density at radius 3 is 2.38 bits per heavy atom. The topological polar surface area (TPSA) is 55.4 Å². The second-order valence-electron chi connectivity index (χ2n) is 4.58. The third-order valence-corrected chi connectivity index (χ3v) is 4.20. The average molecular weight is 303 g/mol. The molecule has 0 aliphatic rings. The van der Waals surface area contributed by atoms with Gasteiger partial charge in [-0.05, 0) is 50.6 Å². The van der Waals surface area contributed by atoms with Crippen LogP contribution in [0.25, 0.3) is 0 Å². The molecule has 21 heavy (non-hydrogen) atoms. The summed E-state index contributed by atoms with van der Waals surface area (Å²) in [5, 5.41) is 4.68. The van der Waals surface area contributed by atoms with Crippen molar-refractivity contribution >= 4 is 28.9 Å². The molecule has 0 bridgehead atoms. The highest BCUT2D eigenvalue weighted by Gasteiger charge is 2.13. The van der Waals surface area contributed by atoms with E-state index in [1.165, 1.54) is 0 Å². The van der Waals surface area contributed by atoms with Gasteiger partial charge in [0.05, 0.1) is 17.7 Å². The number of aryl methyl sites for hydroxylation is 1. The molecule has 0 saturated heterocycles. The summed E-state index contributed by atoms with van der Waals surface area (Å²) < 4.78 is 4.91. The van der Waals surface area contributed by atoms with Gasteiger partial charge in [0, 0.05) is 15.9 Å². The number of carbonyl (C=O) groups excluding carboxylic acids is 2. The van der Waals surface area contributed by atoms with Gasteiger partial charge in [-0.1, -0.05) is 0 Å². The molecule has 2 aromatic rings. The van der Waals surface area contributed by atoms with E-state index >= 15 is 0 Å². The number of thiophene rings is 1. The highest BCUT2D eigenvalue weighted by molar-refractivity contribution is 7.10. The number of esters is 1. The number of hydrogen-bond acceptors (Lipinski definition) is 4. The van der Waals surface area contributed by atoms with E-state index in [0.717, 1.165) is 10.4 Å². The fourth-order valence-electron chi connectivity index (χ4n) is 1.84. The number of carbonyl (C=O) groups is 2. The van der Waals surface area contributed by atoms with Crippen molar-refractivity contribution in [1.82, 2.24) is 0 Å². The van der Waals surface area contributed by atoms with E-state index in [0.29, 0.717) is 23.4 Å². The van der Waals surface area contributed by atoms with Crippen molar-refractivity contribution < 1.29 is 14.3 Å². The van der Waals surface area contributed by atoms with Crippen LogP contribution < -0.4 is 5.32 Å². The minimum atomic E-state index is -0.361. The molecule has 2 rings (SSSR count). The fraction of sp³-hybridized carbons (Fsp3) is 0.250. The number of benzene rings is 1. The standard InChI is InChI=1S/C16H17NO3S/c1-4-20-16(19)12-5-7-13(8-6-12)17-15(18)14-9-21-11(3)10(14)2/h5-9H,4H2,1-3H3,(H,17,18). The molecule has 4 nitrogen and oxygen atoms in total. The van der Waals surface area contributed by atoms with Crippen molar-refractivity contribution in [2.24, 2.45) is 0 Å². The third-order valence-electron chi connectivity index (χ3n) is 3.18. The van der Waals surface area contributed by atoms with Crippen molar-refractivity contribution in [2.45, 2.75) is 20.8 Å². The maximum Gasteiger partial charge on any atom is 0.338 e. The first-order valence-corrected chi connectivity index (χ1v) is 7.54. The Kier molecular flexibility index (Phi) is 4.75. The van der Waals surface area contributed by atoms with Gasteiger partial charge in [0.15, 0.2) is 0 Å². The summed E-state index contributed by atoms with van der Waals surface area (Å²) in [6, 6.07) is 6.66. The van der Waals surface area contributed by atoms with Crippen LogP contribution in [0.4, 0.5) is 5.69 Å². The van der Waals surface area contributed by atoms with Gasteiger partial charge in [-0.3, -0.25) is 4.79 Å². The summed E-state index contributed by atoms with van der Waals surface area (Å²) in [4.78, 5) is 24.8. The molecule has 0 aliphatic heterocycles. The lowest BCUT2D eigenvalue weighted by atomic mass is 10.1. The summed E-state index contributed by atoms with van der Waals surface area (Å²) in [7, 11) is 0. The van der Waals surface area contributed by atoms with Crippen molar-refractivity contribution in [2.75, 3.05) is 11.9 Å². The molecule has 0 saturated carbocycles. The van der Waals surface area contributed by atoms with Gasteiger partial charge in [-0.15, -0.1) is 11.3 Å². The fourth-order valence-corrected chi connectivity index (χ4v) is 2.71. The molecule has 0 aliphatic carbocycles. The lowest BCUT2D eigenvalue weighted by Crippen LogP contribution is -2.12. The lowest BCUT2D eigenvalue weighted by molar-refractivity contribution is 0.0526. The summed E-state index contributed by atoms with van der Waals surface area (Å²) in [6.45, 7) is 6.03. The summed E-state index contributed by atoms with van der Waals surface area (Å²) in [6.07, 6.45) is 0. The molecular weight excluding hydrogens is 286 g/mol. The zero-order chi connectivity index (χ0) is 15.4. The third kappa shape index (κ3) is 3.49. The Bertz CT molecular complexity index is 659. The first kappa shape index (κ1) is 15.3. The number of nitrogens with one attached hydrogen (secondary N) is 1. The number of rotatable bonds is 4. The molecule has 110 valence electrons. The largest absolute Gasteiger partial charge is 0.462 e. The number of hydrogen-bond donors (Lipinski definition) is 1. The van der Waals surface area contributed by atoms with E-state index in [9.17, 15) is 9.59 Å². The van der Waals surface area contributed by atoms with Gasteiger partial charge in [0.1, 0.15) is 0 Å². The SMILES string of the molecule is CCOC(=O)c1ccc(NC(=O)c2csc(C)c2C)cc1. The van der Waals surface area contributed by atoms with E-state index in [1.54, 1.807) is 42.5 Å². The molecule has 0 radical (unpaired) electrons. The molecule has 1 aromatic heterocycles. The van der Waals surface area contributed by atoms with Gasteiger partial charge in [0.2, 0.25) is 0 Å². The van der Waals surface area contributed by atoms with Crippen molar-refractivity contribution in [3.8, 4) is 0 Å². The van der Waals surface area contributed by atoms with Crippen molar-refractivity contribution in [1.29, 1.82) is 0 Å². The van der Waals surface area contributed by atoms with Gasteiger partial charge in [-0.2, -0.15) is 0 Å². The molecule has 1 heterocycles. The Morgan fingerprint density at radius 1 is 1.19 bits per heavy atom. The Balaban J connectivity index is 2.08. The smallest absolute Gasteiger partial charge is 0.338 e. The predicted octanol–water partition coefficient (Wildman–Crippen LogP) is 3.79. The van der Waals surface area contributed by atoms with Crippen molar-refractivity contribution in [3.63, 3.8) is 0 Å². The Labute approximate surface area is 127 Å². The number of ether oxygens (including phenoxy) is 1. The maximum atomic E-state index is 12.2. The number of amides is 1. The molecule has 0 unspecified atom stereocenters.